The zero-order chi connectivity index (χ0) is 22.2. The maximum atomic E-state index is 5.28. The van der Waals surface area contributed by atoms with Crippen LogP contribution in [0.4, 0.5) is 17.5 Å². The summed E-state index contributed by atoms with van der Waals surface area (Å²) in [7, 11) is 3.69. The summed E-state index contributed by atoms with van der Waals surface area (Å²) in [4.78, 5) is 11.6. The fourth-order valence-corrected chi connectivity index (χ4v) is 3.33. The number of rotatable bonds is 9. The van der Waals surface area contributed by atoms with Gasteiger partial charge in [-0.15, -0.1) is 0 Å². The Morgan fingerprint density at radius 1 is 1.00 bits per heavy atom. The van der Waals surface area contributed by atoms with Crippen molar-refractivity contribution in [3.8, 4) is 5.75 Å². The van der Waals surface area contributed by atoms with Crippen LogP contribution in [0.2, 0.25) is 0 Å². The van der Waals surface area contributed by atoms with Crippen LogP contribution < -0.4 is 15.0 Å². The second-order valence-electron chi connectivity index (χ2n) is 7.90. The molecule has 0 aliphatic rings. The predicted octanol–water partition coefficient (Wildman–Crippen LogP) is 6.51. The molecule has 0 unspecified atom stereocenters. The first kappa shape index (κ1) is 22.3. The second kappa shape index (κ2) is 10.6. The molecule has 0 spiro atoms. The van der Waals surface area contributed by atoms with Crippen molar-refractivity contribution in [3.63, 3.8) is 0 Å². The van der Waals surface area contributed by atoms with Gasteiger partial charge < -0.3 is 15.0 Å². The van der Waals surface area contributed by atoms with E-state index in [4.69, 9.17) is 14.7 Å². The van der Waals surface area contributed by atoms with E-state index in [1.807, 2.05) is 49.5 Å². The smallest absolute Gasteiger partial charge is 0.225 e. The lowest BCUT2D eigenvalue weighted by atomic mass is 10.1. The summed E-state index contributed by atoms with van der Waals surface area (Å²) < 4.78 is 5.28. The number of para-hydroxylation sites is 1. The van der Waals surface area contributed by atoms with Crippen molar-refractivity contribution in [2.24, 2.45) is 0 Å². The molecule has 31 heavy (non-hydrogen) atoms. The number of allylic oxidation sites excluding steroid dienone is 3. The van der Waals surface area contributed by atoms with Gasteiger partial charge >= 0.3 is 0 Å². The maximum absolute atomic E-state index is 5.28. The quantitative estimate of drug-likeness (QED) is 0.403. The summed E-state index contributed by atoms with van der Waals surface area (Å²) in [6, 6.07) is 16.1. The first-order valence-electron chi connectivity index (χ1n) is 10.7. The van der Waals surface area contributed by atoms with E-state index in [1.54, 1.807) is 7.11 Å². The van der Waals surface area contributed by atoms with Gasteiger partial charge in [0.2, 0.25) is 5.95 Å². The molecule has 5 nitrogen and oxygen atoms in total. The molecular weight excluding hydrogens is 384 g/mol. The number of benzene rings is 2. The summed E-state index contributed by atoms with van der Waals surface area (Å²) in [6.07, 6.45) is 6.63. The standard InChI is InChI=1S/C26H32N4O/c1-19(2)9-8-10-20(3)17-18-27-26-28-24-12-7-6-11-23(24)25(29-26)30(4)21-13-15-22(31-5)16-14-21/h6-7,9,11-17H,8,10,18H2,1-5H3,(H,27,28,29). The number of nitrogens with zero attached hydrogens (tertiary/aromatic N) is 3. The molecule has 0 atom stereocenters. The fourth-order valence-electron chi connectivity index (χ4n) is 3.33. The highest BCUT2D eigenvalue weighted by molar-refractivity contribution is 5.92. The topological polar surface area (TPSA) is 50.3 Å². The van der Waals surface area contributed by atoms with E-state index in [1.165, 1.54) is 11.1 Å². The maximum Gasteiger partial charge on any atom is 0.225 e. The number of anilines is 3. The van der Waals surface area contributed by atoms with Crippen LogP contribution in [-0.2, 0) is 0 Å². The molecule has 0 aliphatic carbocycles. The van der Waals surface area contributed by atoms with E-state index in [0.29, 0.717) is 12.5 Å². The number of hydrogen-bond donors (Lipinski definition) is 1. The molecule has 0 radical (unpaired) electrons. The van der Waals surface area contributed by atoms with Crippen LogP contribution in [0, 0.1) is 0 Å². The van der Waals surface area contributed by atoms with Crippen LogP contribution in [0.15, 0.2) is 71.8 Å². The molecule has 0 saturated carbocycles. The summed E-state index contributed by atoms with van der Waals surface area (Å²) >= 11 is 0. The van der Waals surface area contributed by atoms with E-state index < -0.39 is 0 Å². The molecule has 162 valence electrons. The average Bonchev–Trinajstić information content (AvgIpc) is 2.78. The molecule has 1 heterocycles. The van der Waals surface area contributed by atoms with Gasteiger partial charge in [0.05, 0.1) is 12.6 Å². The molecule has 3 aromatic rings. The molecule has 1 aromatic heterocycles. The molecule has 1 N–H and O–H groups in total. The molecule has 2 aromatic carbocycles. The van der Waals surface area contributed by atoms with Crippen molar-refractivity contribution in [1.82, 2.24) is 9.97 Å². The van der Waals surface area contributed by atoms with Crippen molar-refractivity contribution in [1.29, 1.82) is 0 Å². The Morgan fingerprint density at radius 2 is 1.74 bits per heavy atom. The number of fused-ring (bicyclic) bond motifs is 1. The van der Waals surface area contributed by atoms with Gasteiger partial charge in [-0.3, -0.25) is 0 Å². The van der Waals surface area contributed by atoms with Crippen molar-refractivity contribution in [2.45, 2.75) is 33.6 Å². The Hall–Kier alpha value is -3.34. The third-order valence-electron chi connectivity index (χ3n) is 5.16. The van der Waals surface area contributed by atoms with Gasteiger partial charge in [0, 0.05) is 24.7 Å². The highest BCUT2D eigenvalue weighted by atomic mass is 16.5. The van der Waals surface area contributed by atoms with Gasteiger partial charge in [-0.1, -0.05) is 35.4 Å². The molecule has 0 bridgehead atoms. The SMILES string of the molecule is COc1ccc(N(C)c2nc(NCC=C(C)CCC=C(C)C)nc3ccccc23)cc1. The van der Waals surface area contributed by atoms with Gasteiger partial charge in [0.25, 0.3) is 0 Å². The lowest BCUT2D eigenvalue weighted by Crippen LogP contribution is -2.14. The molecular formula is C26H32N4O. The Labute approximate surface area is 185 Å². The minimum atomic E-state index is 0.627. The molecule has 0 saturated heterocycles. The van der Waals surface area contributed by atoms with Gasteiger partial charge in [-0.2, -0.15) is 4.98 Å². The van der Waals surface area contributed by atoms with Gasteiger partial charge in [0.1, 0.15) is 11.6 Å². The van der Waals surface area contributed by atoms with Crippen LogP contribution in [0.1, 0.15) is 33.6 Å². The van der Waals surface area contributed by atoms with Crippen molar-refractivity contribution >= 4 is 28.4 Å². The zero-order valence-corrected chi connectivity index (χ0v) is 19.1. The summed E-state index contributed by atoms with van der Waals surface area (Å²) in [5, 5.41) is 4.38. The van der Waals surface area contributed by atoms with E-state index in [-0.39, 0.29) is 0 Å². The number of methoxy groups -OCH3 is 1. The minimum Gasteiger partial charge on any atom is -0.497 e. The first-order valence-corrected chi connectivity index (χ1v) is 10.7. The molecule has 0 aliphatic heterocycles. The van der Waals surface area contributed by atoms with Crippen LogP contribution in [0.25, 0.3) is 10.9 Å². The number of aromatic nitrogens is 2. The van der Waals surface area contributed by atoms with Crippen molar-refractivity contribution in [2.75, 3.05) is 30.9 Å². The largest absolute Gasteiger partial charge is 0.497 e. The molecule has 0 fully saturated rings. The summed E-state index contributed by atoms with van der Waals surface area (Å²) in [5.74, 6) is 2.32. The fraction of sp³-hybridized carbons (Fsp3) is 0.308. The summed E-state index contributed by atoms with van der Waals surface area (Å²) in [5.41, 5.74) is 4.68. The Bertz CT molecular complexity index is 1070. The van der Waals surface area contributed by atoms with Crippen molar-refractivity contribution in [3.05, 3.63) is 71.8 Å². The van der Waals surface area contributed by atoms with Gasteiger partial charge in [0.15, 0.2) is 0 Å². The van der Waals surface area contributed by atoms with E-state index in [9.17, 15) is 0 Å². The third-order valence-corrected chi connectivity index (χ3v) is 5.16. The van der Waals surface area contributed by atoms with Gasteiger partial charge in [-0.05, 0) is 70.0 Å². The van der Waals surface area contributed by atoms with E-state index in [0.717, 1.165) is 41.0 Å². The monoisotopic (exact) mass is 416 g/mol. The predicted molar refractivity (Wildman–Crippen MR) is 132 cm³/mol. The van der Waals surface area contributed by atoms with Crippen LogP contribution >= 0.6 is 0 Å². The lowest BCUT2D eigenvalue weighted by Gasteiger charge is -2.21. The summed E-state index contributed by atoms with van der Waals surface area (Å²) in [6.45, 7) is 7.14. The highest BCUT2D eigenvalue weighted by Gasteiger charge is 2.13. The lowest BCUT2D eigenvalue weighted by molar-refractivity contribution is 0.415. The third kappa shape index (κ3) is 6.07. The normalized spacial score (nSPS) is 11.3. The van der Waals surface area contributed by atoms with Crippen LogP contribution in [0.5, 0.6) is 5.75 Å². The van der Waals surface area contributed by atoms with E-state index >= 15 is 0 Å². The number of ether oxygens (including phenoxy) is 1. The average molecular weight is 417 g/mol. The molecule has 3 rings (SSSR count). The minimum absolute atomic E-state index is 0.627. The Morgan fingerprint density at radius 3 is 2.45 bits per heavy atom. The molecule has 0 amide bonds. The van der Waals surface area contributed by atoms with Gasteiger partial charge in [-0.25, -0.2) is 4.98 Å². The second-order valence-corrected chi connectivity index (χ2v) is 7.90. The van der Waals surface area contributed by atoms with E-state index in [2.05, 4.69) is 49.2 Å². The first-order chi connectivity index (χ1) is 15.0. The number of nitrogens with one attached hydrogen (secondary N) is 1. The highest BCUT2D eigenvalue weighted by Crippen LogP contribution is 2.30. The van der Waals surface area contributed by atoms with Crippen molar-refractivity contribution < 1.29 is 4.74 Å². The Kier molecular flexibility index (Phi) is 7.65. The van der Waals surface area contributed by atoms with Crippen LogP contribution in [0.3, 0.4) is 0 Å². The van der Waals surface area contributed by atoms with Crippen LogP contribution in [-0.4, -0.2) is 30.7 Å². The Balaban J connectivity index is 1.81. The molecule has 5 heteroatoms. The zero-order valence-electron chi connectivity index (χ0n) is 19.1. The number of hydrogen-bond acceptors (Lipinski definition) is 5.